The number of aliphatic hydroxyl groups is 1. The molecule has 2 heterocycles. The molecule has 0 saturated carbocycles. The van der Waals surface area contributed by atoms with Crippen LogP contribution in [0.25, 0.3) is 0 Å². The summed E-state index contributed by atoms with van der Waals surface area (Å²) in [4.78, 5) is 21.4. The van der Waals surface area contributed by atoms with Gasteiger partial charge in [-0.2, -0.15) is 0 Å². The average Bonchev–Trinajstić information content (AvgIpc) is 3.28. The van der Waals surface area contributed by atoms with Gasteiger partial charge >= 0.3 is 0 Å². The van der Waals surface area contributed by atoms with E-state index in [0.29, 0.717) is 25.3 Å². The lowest BCUT2D eigenvalue weighted by Crippen LogP contribution is -2.27. The van der Waals surface area contributed by atoms with Crippen molar-refractivity contribution in [3.05, 3.63) is 57.5 Å². The van der Waals surface area contributed by atoms with Crippen LogP contribution in [0.3, 0.4) is 0 Å². The topological polar surface area (TPSA) is 108 Å². The molecule has 2 aromatic rings. The summed E-state index contributed by atoms with van der Waals surface area (Å²) in [6.07, 6.45) is 0.254. The first-order valence-corrected chi connectivity index (χ1v) is 10.5. The van der Waals surface area contributed by atoms with Crippen LogP contribution in [0, 0.1) is 0 Å². The number of ether oxygens (including phenoxy) is 1. The Balaban J connectivity index is 0.000000170. The van der Waals surface area contributed by atoms with E-state index in [9.17, 15) is 9.59 Å². The number of aromatic hydroxyl groups is 1. The van der Waals surface area contributed by atoms with Crippen LogP contribution >= 0.6 is 31.9 Å². The van der Waals surface area contributed by atoms with Crippen LogP contribution in [0.2, 0.25) is 0 Å². The lowest BCUT2D eigenvalue weighted by atomic mass is 10.3. The summed E-state index contributed by atoms with van der Waals surface area (Å²) in [6.45, 7) is 1.33. The van der Waals surface area contributed by atoms with Crippen LogP contribution in [0.4, 0.5) is 0 Å². The van der Waals surface area contributed by atoms with Crippen molar-refractivity contribution in [2.45, 2.75) is 25.0 Å². The second-order valence-corrected chi connectivity index (χ2v) is 8.04. The van der Waals surface area contributed by atoms with Crippen LogP contribution in [-0.2, 0) is 9.59 Å². The van der Waals surface area contributed by atoms with Crippen molar-refractivity contribution < 1.29 is 24.5 Å². The maximum absolute atomic E-state index is 11.2. The molecular weight excluding hydrogens is 508 g/mol. The van der Waals surface area contributed by atoms with Crippen molar-refractivity contribution in [1.29, 1.82) is 0 Å². The molecule has 0 aliphatic carbocycles. The second-order valence-electron chi connectivity index (χ2n) is 6.21. The van der Waals surface area contributed by atoms with Gasteiger partial charge in [-0.05, 0) is 55.0 Å². The molecule has 2 amide bonds. The third kappa shape index (κ3) is 8.43. The molecule has 4 N–H and O–H groups in total. The van der Waals surface area contributed by atoms with Gasteiger partial charge in [-0.3, -0.25) is 9.59 Å². The highest BCUT2D eigenvalue weighted by atomic mass is 79.9. The Morgan fingerprint density at radius 2 is 1.34 bits per heavy atom. The second kappa shape index (κ2) is 11.8. The molecule has 4 rings (SSSR count). The van der Waals surface area contributed by atoms with E-state index in [0.717, 1.165) is 21.1 Å². The summed E-state index contributed by atoms with van der Waals surface area (Å²) in [5.41, 5.74) is 0. The van der Waals surface area contributed by atoms with E-state index in [1.54, 1.807) is 24.3 Å². The van der Waals surface area contributed by atoms with Crippen LogP contribution in [0.15, 0.2) is 57.5 Å². The molecule has 7 nitrogen and oxygen atoms in total. The molecule has 2 fully saturated rings. The predicted octanol–water partition coefficient (Wildman–Crippen LogP) is 2.74. The molecule has 2 aromatic carbocycles. The van der Waals surface area contributed by atoms with E-state index in [4.69, 9.17) is 14.9 Å². The Labute approximate surface area is 185 Å². The number of halogens is 2. The number of carbonyl (C=O) groups is 2. The molecule has 2 atom stereocenters. The molecule has 29 heavy (non-hydrogen) atoms. The van der Waals surface area contributed by atoms with Gasteiger partial charge in [0.1, 0.15) is 17.6 Å². The number of aliphatic hydroxyl groups excluding tert-OH is 1. The number of phenols is 1. The highest BCUT2D eigenvalue weighted by Crippen LogP contribution is 2.19. The van der Waals surface area contributed by atoms with Gasteiger partial charge in [-0.1, -0.05) is 31.9 Å². The summed E-state index contributed by atoms with van der Waals surface area (Å²) in [7, 11) is 0. The SMILES string of the molecule is O=C1NCCC1O.O=C1NCCC1Oc1ccc(Br)cc1.Oc1ccc(Br)cc1. The fourth-order valence-electron chi connectivity index (χ4n) is 2.38. The fraction of sp³-hybridized carbons (Fsp3) is 0.300. The maximum atomic E-state index is 11.2. The number of phenolic OH excluding ortho intramolecular Hbond substituents is 1. The first kappa shape index (κ1) is 23.2. The van der Waals surface area contributed by atoms with E-state index >= 15 is 0 Å². The van der Waals surface area contributed by atoms with Crippen molar-refractivity contribution in [2.24, 2.45) is 0 Å². The Morgan fingerprint density at radius 3 is 1.72 bits per heavy atom. The van der Waals surface area contributed by atoms with E-state index in [1.165, 1.54) is 0 Å². The quantitative estimate of drug-likeness (QED) is 0.478. The van der Waals surface area contributed by atoms with Crippen molar-refractivity contribution in [3.8, 4) is 11.5 Å². The summed E-state index contributed by atoms with van der Waals surface area (Å²) >= 11 is 6.57. The zero-order chi connectivity index (χ0) is 21.2. The van der Waals surface area contributed by atoms with Crippen LogP contribution in [0.5, 0.6) is 11.5 Å². The van der Waals surface area contributed by atoms with Gasteiger partial charge in [0.25, 0.3) is 5.91 Å². The van der Waals surface area contributed by atoms with Gasteiger partial charge < -0.3 is 25.6 Å². The summed E-state index contributed by atoms with van der Waals surface area (Å²) in [5, 5.41) is 22.5. The molecular formula is C20H22Br2N2O5. The molecule has 0 radical (unpaired) electrons. The largest absolute Gasteiger partial charge is 0.508 e. The third-order valence-electron chi connectivity index (χ3n) is 3.94. The molecule has 0 spiro atoms. The smallest absolute Gasteiger partial charge is 0.261 e. The summed E-state index contributed by atoms with van der Waals surface area (Å²) < 4.78 is 7.49. The third-order valence-corrected chi connectivity index (χ3v) is 4.99. The van der Waals surface area contributed by atoms with Crippen LogP contribution < -0.4 is 15.4 Å². The van der Waals surface area contributed by atoms with Crippen molar-refractivity contribution in [1.82, 2.24) is 10.6 Å². The van der Waals surface area contributed by atoms with Gasteiger partial charge in [0.05, 0.1) is 0 Å². The number of amides is 2. The number of hydrogen-bond acceptors (Lipinski definition) is 5. The van der Waals surface area contributed by atoms with Gasteiger partial charge in [-0.25, -0.2) is 0 Å². The van der Waals surface area contributed by atoms with Crippen molar-refractivity contribution in [3.63, 3.8) is 0 Å². The number of benzene rings is 2. The minimum atomic E-state index is -0.736. The van der Waals surface area contributed by atoms with Gasteiger partial charge in [0.15, 0.2) is 6.10 Å². The lowest BCUT2D eigenvalue weighted by molar-refractivity contribution is -0.126. The highest BCUT2D eigenvalue weighted by molar-refractivity contribution is 9.10. The lowest BCUT2D eigenvalue weighted by Gasteiger charge is -2.10. The van der Waals surface area contributed by atoms with Crippen molar-refractivity contribution >= 4 is 43.7 Å². The molecule has 0 aromatic heterocycles. The van der Waals surface area contributed by atoms with Gasteiger partial charge in [-0.15, -0.1) is 0 Å². The van der Waals surface area contributed by atoms with E-state index in [-0.39, 0.29) is 17.9 Å². The first-order valence-electron chi connectivity index (χ1n) is 8.95. The van der Waals surface area contributed by atoms with Crippen molar-refractivity contribution in [2.75, 3.05) is 13.1 Å². The van der Waals surface area contributed by atoms with E-state index in [1.807, 2.05) is 24.3 Å². The summed E-state index contributed by atoms with van der Waals surface area (Å²) in [6, 6.07) is 14.3. The Morgan fingerprint density at radius 1 is 0.828 bits per heavy atom. The van der Waals surface area contributed by atoms with Crippen LogP contribution in [-0.4, -0.2) is 47.3 Å². The van der Waals surface area contributed by atoms with E-state index < -0.39 is 6.10 Å². The fourth-order valence-corrected chi connectivity index (χ4v) is 2.91. The zero-order valence-electron chi connectivity index (χ0n) is 15.5. The predicted molar refractivity (Wildman–Crippen MR) is 116 cm³/mol. The number of rotatable bonds is 2. The average molecular weight is 530 g/mol. The Hall–Kier alpha value is -2.10. The normalized spacial score (nSPS) is 19.8. The van der Waals surface area contributed by atoms with Crippen LogP contribution in [0.1, 0.15) is 12.8 Å². The Kier molecular flexibility index (Phi) is 9.43. The van der Waals surface area contributed by atoms with Gasteiger partial charge in [0, 0.05) is 28.5 Å². The number of hydrogen-bond donors (Lipinski definition) is 4. The minimum Gasteiger partial charge on any atom is -0.508 e. The Bertz CT molecular complexity index is 779. The number of carbonyl (C=O) groups excluding carboxylic acids is 2. The zero-order valence-corrected chi connectivity index (χ0v) is 18.6. The molecule has 9 heteroatoms. The first-order chi connectivity index (χ1) is 13.8. The molecule has 2 aliphatic rings. The van der Waals surface area contributed by atoms with E-state index in [2.05, 4.69) is 42.5 Å². The molecule has 2 unspecified atom stereocenters. The minimum absolute atomic E-state index is 0.0204. The molecule has 2 aliphatic heterocycles. The maximum Gasteiger partial charge on any atom is 0.261 e. The monoisotopic (exact) mass is 528 g/mol. The summed E-state index contributed by atoms with van der Waals surface area (Å²) in [5.74, 6) is 0.774. The molecule has 156 valence electrons. The standard InChI is InChI=1S/C10H10BrNO2.C6H5BrO.C4H7NO2/c11-7-1-3-8(4-2-7)14-9-5-6-12-10(9)13;7-5-1-3-6(8)4-2-5;6-3-1-2-5-4(3)7/h1-4,9H,5-6H2,(H,12,13);1-4,8H;3,6H,1-2H2,(H,5,7). The van der Waals surface area contributed by atoms with Gasteiger partial charge in [0.2, 0.25) is 5.91 Å². The highest BCUT2D eigenvalue weighted by Gasteiger charge is 2.25. The number of nitrogens with one attached hydrogen (secondary N) is 2. The molecule has 0 bridgehead atoms. The molecule has 2 saturated heterocycles.